The van der Waals surface area contributed by atoms with E-state index in [1.807, 2.05) is 42.5 Å². The van der Waals surface area contributed by atoms with Crippen molar-refractivity contribution in [2.24, 2.45) is 0 Å². The minimum atomic E-state index is -0.201. The molecular formula is C20H17Cl2N3O. The van der Waals surface area contributed by atoms with Crippen LogP contribution in [-0.4, -0.2) is 17.4 Å². The highest BCUT2D eigenvalue weighted by Gasteiger charge is 2.08. The van der Waals surface area contributed by atoms with E-state index >= 15 is 0 Å². The second-order valence-corrected chi connectivity index (χ2v) is 6.54. The molecule has 132 valence electrons. The SMILES string of the molecule is O=C(Nc1ccccc1)c1cncc(NCCc2ccc(Cl)cc2Cl)c1. The Labute approximate surface area is 162 Å². The van der Waals surface area contributed by atoms with Crippen LogP contribution in [-0.2, 0) is 6.42 Å². The van der Waals surface area contributed by atoms with Gasteiger partial charge in [0.05, 0.1) is 11.3 Å². The monoisotopic (exact) mass is 385 g/mol. The molecule has 0 aliphatic heterocycles. The summed E-state index contributed by atoms with van der Waals surface area (Å²) < 4.78 is 0. The lowest BCUT2D eigenvalue weighted by atomic mass is 10.1. The zero-order chi connectivity index (χ0) is 18.4. The quantitative estimate of drug-likeness (QED) is 0.605. The molecule has 2 aromatic carbocycles. The Balaban J connectivity index is 1.59. The van der Waals surface area contributed by atoms with E-state index in [2.05, 4.69) is 15.6 Å². The third-order valence-corrected chi connectivity index (χ3v) is 4.36. The molecule has 1 aromatic heterocycles. The van der Waals surface area contributed by atoms with Gasteiger partial charge in [-0.15, -0.1) is 0 Å². The van der Waals surface area contributed by atoms with Crippen molar-refractivity contribution in [2.75, 3.05) is 17.2 Å². The van der Waals surface area contributed by atoms with E-state index < -0.39 is 0 Å². The molecule has 0 radical (unpaired) electrons. The first-order valence-corrected chi connectivity index (χ1v) is 8.86. The Bertz CT molecular complexity index is 901. The number of hydrogen-bond acceptors (Lipinski definition) is 3. The van der Waals surface area contributed by atoms with Crippen molar-refractivity contribution < 1.29 is 4.79 Å². The third-order valence-electron chi connectivity index (χ3n) is 3.77. The second-order valence-electron chi connectivity index (χ2n) is 5.69. The van der Waals surface area contributed by atoms with Crippen molar-refractivity contribution >= 4 is 40.5 Å². The molecule has 26 heavy (non-hydrogen) atoms. The highest BCUT2D eigenvalue weighted by Crippen LogP contribution is 2.21. The molecular weight excluding hydrogens is 369 g/mol. The lowest BCUT2D eigenvalue weighted by Gasteiger charge is -2.09. The van der Waals surface area contributed by atoms with E-state index in [9.17, 15) is 4.79 Å². The molecule has 0 saturated heterocycles. The zero-order valence-electron chi connectivity index (χ0n) is 13.9. The lowest BCUT2D eigenvalue weighted by molar-refractivity contribution is 0.102. The molecule has 0 aliphatic rings. The average molecular weight is 386 g/mol. The fraction of sp³-hybridized carbons (Fsp3) is 0.100. The second kappa shape index (κ2) is 8.70. The van der Waals surface area contributed by atoms with Gasteiger partial charge in [0.2, 0.25) is 0 Å². The number of amides is 1. The van der Waals surface area contributed by atoms with Gasteiger partial charge < -0.3 is 10.6 Å². The molecule has 3 aromatic rings. The molecule has 0 unspecified atom stereocenters. The van der Waals surface area contributed by atoms with Crippen LogP contribution in [0.3, 0.4) is 0 Å². The van der Waals surface area contributed by atoms with Gasteiger partial charge in [0.1, 0.15) is 0 Å². The molecule has 0 bridgehead atoms. The molecule has 2 N–H and O–H groups in total. The van der Waals surface area contributed by atoms with E-state index in [0.29, 0.717) is 22.2 Å². The smallest absolute Gasteiger partial charge is 0.257 e. The molecule has 4 nitrogen and oxygen atoms in total. The van der Waals surface area contributed by atoms with Crippen molar-refractivity contribution in [3.05, 3.63) is 88.2 Å². The lowest BCUT2D eigenvalue weighted by Crippen LogP contribution is -2.13. The first-order valence-electron chi connectivity index (χ1n) is 8.11. The largest absolute Gasteiger partial charge is 0.383 e. The predicted molar refractivity (Wildman–Crippen MR) is 107 cm³/mol. The maximum absolute atomic E-state index is 12.3. The first-order chi connectivity index (χ1) is 12.6. The van der Waals surface area contributed by atoms with Crippen molar-refractivity contribution in [3.8, 4) is 0 Å². The molecule has 0 fully saturated rings. The molecule has 1 heterocycles. The number of anilines is 2. The van der Waals surface area contributed by atoms with Crippen molar-refractivity contribution in [1.29, 1.82) is 0 Å². The van der Waals surface area contributed by atoms with Gasteiger partial charge in [-0.1, -0.05) is 47.5 Å². The maximum atomic E-state index is 12.3. The van der Waals surface area contributed by atoms with Crippen molar-refractivity contribution in [3.63, 3.8) is 0 Å². The number of pyridine rings is 1. The Hall–Kier alpha value is -2.56. The van der Waals surface area contributed by atoms with Gasteiger partial charge >= 0.3 is 0 Å². The maximum Gasteiger partial charge on any atom is 0.257 e. The fourth-order valence-corrected chi connectivity index (χ4v) is 2.95. The van der Waals surface area contributed by atoms with Crippen LogP contribution in [0.15, 0.2) is 67.0 Å². The minimum Gasteiger partial charge on any atom is -0.383 e. The summed E-state index contributed by atoms with van der Waals surface area (Å²) in [5, 5.41) is 7.37. The van der Waals surface area contributed by atoms with Crippen LogP contribution < -0.4 is 10.6 Å². The van der Waals surface area contributed by atoms with Crippen molar-refractivity contribution in [1.82, 2.24) is 4.98 Å². The van der Waals surface area contributed by atoms with E-state index in [-0.39, 0.29) is 5.91 Å². The van der Waals surface area contributed by atoms with Crippen LogP contribution in [0.4, 0.5) is 11.4 Å². The van der Waals surface area contributed by atoms with E-state index in [1.54, 1.807) is 24.5 Å². The van der Waals surface area contributed by atoms with Gasteiger partial charge in [0.25, 0.3) is 5.91 Å². The van der Waals surface area contributed by atoms with Gasteiger partial charge in [0.15, 0.2) is 0 Å². The average Bonchev–Trinajstić information content (AvgIpc) is 2.64. The Morgan fingerprint density at radius 3 is 2.54 bits per heavy atom. The number of para-hydroxylation sites is 1. The van der Waals surface area contributed by atoms with Gasteiger partial charge in [-0.3, -0.25) is 9.78 Å². The summed E-state index contributed by atoms with van der Waals surface area (Å²) in [4.78, 5) is 16.5. The molecule has 6 heteroatoms. The first kappa shape index (κ1) is 18.2. The number of carbonyl (C=O) groups excluding carboxylic acids is 1. The van der Waals surface area contributed by atoms with Crippen LogP contribution >= 0.6 is 23.2 Å². The number of aromatic nitrogens is 1. The summed E-state index contributed by atoms with van der Waals surface area (Å²) in [7, 11) is 0. The van der Waals surface area contributed by atoms with E-state index in [1.165, 1.54) is 0 Å². The summed E-state index contributed by atoms with van der Waals surface area (Å²) in [5.74, 6) is -0.201. The van der Waals surface area contributed by atoms with Crippen LogP contribution in [0.2, 0.25) is 10.0 Å². The Kier molecular flexibility index (Phi) is 6.10. The van der Waals surface area contributed by atoms with Gasteiger partial charge in [-0.2, -0.15) is 0 Å². The number of benzene rings is 2. The molecule has 1 amide bonds. The molecule has 0 saturated carbocycles. The molecule has 0 spiro atoms. The summed E-state index contributed by atoms with van der Waals surface area (Å²) in [5.41, 5.74) is 3.02. The highest BCUT2D eigenvalue weighted by molar-refractivity contribution is 6.35. The van der Waals surface area contributed by atoms with Gasteiger partial charge in [0, 0.05) is 34.7 Å². The normalized spacial score (nSPS) is 10.4. The Morgan fingerprint density at radius 2 is 1.77 bits per heavy atom. The summed E-state index contributed by atoms with van der Waals surface area (Å²) in [6, 6.07) is 16.5. The standard InChI is InChI=1S/C20H17Cl2N3O/c21-16-7-6-14(19(22)11-16)8-9-24-18-10-15(12-23-13-18)20(26)25-17-4-2-1-3-5-17/h1-7,10-13,24H,8-9H2,(H,25,26). The van der Waals surface area contributed by atoms with E-state index in [4.69, 9.17) is 23.2 Å². The van der Waals surface area contributed by atoms with E-state index in [0.717, 1.165) is 23.4 Å². The Morgan fingerprint density at radius 1 is 0.962 bits per heavy atom. The van der Waals surface area contributed by atoms with Crippen LogP contribution in [0.1, 0.15) is 15.9 Å². The number of rotatable bonds is 6. The summed E-state index contributed by atoms with van der Waals surface area (Å²) in [6.07, 6.45) is 3.96. The number of carbonyl (C=O) groups is 1. The topological polar surface area (TPSA) is 54.0 Å². The molecule has 0 atom stereocenters. The van der Waals surface area contributed by atoms with Gasteiger partial charge in [-0.05, 0) is 42.3 Å². The fourth-order valence-electron chi connectivity index (χ4n) is 2.45. The number of nitrogens with one attached hydrogen (secondary N) is 2. The third kappa shape index (κ3) is 4.97. The number of halogens is 2. The number of hydrogen-bond donors (Lipinski definition) is 2. The number of nitrogens with zero attached hydrogens (tertiary/aromatic N) is 1. The zero-order valence-corrected chi connectivity index (χ0v) is 15.4. The highest BCUT2D eigenvalue weighted by atomic mass is 35.5. The molecule has 0 aliphatic carbocycles. The molecule has 3 rings (SSSR count). The summed E-state index contributed by atoms with van der Waals surface area (Å²) >= 11 is 12.1. The van der Waals surface area contributed by atoms with Crippen LogP contribution in [0, 0.1) is 0 Å². The van der Waals surface area contributed by atoms with Crippen LogP contribution in [0.5, 0.6) is 0 Å². The van der Waals surface area contributed by atoms with Crippen LogP contribution in [0.25, 0.3) is 0 Å². The predicted octanol–water partition coefficient (Wildman–Crippen LogP) is 5.30. The summed E-state index contributed by atoms with van der Waals surface area (Å²) in [6.45, 7) is 0.660. The minimum absolute atomic E-state index is 0.201. The van der Waals surface area contributed by atoms with Gasteiger partial charge in [-0.25, -0.2) is 0 Å². The van der Waals surface area contributed by atoms with Crippen molar-refractivity contribution in [2.45, 2.75) is 6.42 Å².